The second kappa shape index (κ2) is 4.54. The zero-order valence-corrected chi connectivity index (χ0v) is 7.76. The van der Waals surface area contributed by atoms with E-state index in [1.165, 1.54) is 7.11 Å². The first kappa shape index (κ1) is 9.63. The number of halogens is 1. The predicted molar refractivity (Wildman–Crippen MR) is 50.3 cm³/mol. The molecule has 0 aliphatic carbocycles. The number of rotatable bonds is 0. The lowest BCUT2D eigenvalue weighted by Gasteiger charge is -1.89. The summed E-state index contributed by atoms with van der Waals surface area (Å²) >= 11 is 5.66. The van der Waals surface area contributed by atoms with Crippen LogP contribution in [0.1, 0.15) is 5.56 Å². The Balaban J connectivity index is 2.78. The first-order valence-corrected chi connectivity index (χ1v) is 3.95. The second-order valence-corrected chi connectivity index (χ2v) is 2.68. The standard InChI is InChI=1S/C10H7ClO2/c1-13-10(12)7-4-8-2-5-9(11)6-3-8/h2-3,5-6H,1H3. The smallest absolute Gasteiger partial charge is 0.384 e. The summed E-state index contributed by atoms with van der Waals surface area (Å²) in [4.78, 5) is 10.6. The first-order chi connectivity index (χ1) is 6.22. The molecule has 0 heterocycles. The highest BCUT2D eigenvalue weighted by Gasteiger charge is 1.90. The van der Waals surface area contributed by atoms with Crippen molar-refractivity contribution in [3.8, 4) is 11.8 Å². The lowest BCUT2D eigenvalue weighted by Crippen LogP contribution is -1.94. The molecule has 0 amide bonds. The van der Waals surface area contributed by atoms with Gasteiger partial charge >= 0.3 is 5.97 Å². The van der Waals surface area contributed by atoms with E-state index in [1.807, 2.05) is 0 Å². The maximum Gasteiger partial charge on any atom is 0.384 e. The monoisotopic (exact) mass is 194 g/mol. The van der Waals surface area contributed by atoms with Crippen molar-refractivity contribution in [3.63, 3.8) is 0 Å². The van der Waals surface area contributed by atoms with Crippen LogP contribution in [0.3, 0.4) is 0 Å². The molecule has 3 heteroatoms. The number of hydrogen-bond acceptors (Lipinski definition) is 2. The Morgan fingerprint density at radius 3 is 2.54 bits per heavy atom. The molecule has 0 aliphatic heterocycles. The number of benzene rings is 1. The molecular formula is C10H7ClO2. The summed E-state index contributed by atoms with van der Waals surface area (Å²) in [7, 11) is 1.29. The van der Waals surface area contributed by atoms with Crippen LogP contribution < -0.4 is 0 Å². The molecule has 0 bridgehead atoms. The lowest BCUT2D eigenvalue weighted by atomic mass is 10.2. The van der Waals surface area contributed by atoms with Gasteiger partial charge in [-0.1, -0.05) is 17.5 Å². The van der Waals surface area contributed by atoms with Gasteiger partial charge in [0.2, 0.25) is 0 Å². The van der Waals surface area contributed by atoms with E-state index < -0.39 is 5.97 Å². The van der Waals surface area contributed by atoms with Gasteiger partial charge in [-0.05, 0) is 24.3 Å². The molecule has 0 fully saturated rings. The summed E-state index contributed by atoms with van der Waals surface area (Å²) in [5, 5.41) is 0.642. The van der Waals surface area contributed by atoms with Crippen LogP contribution in [0.15, 0.2) is 24.3 Å². The summed E-state index contributed by atoms with van der Waals surface area (Å²) in [5.41, 5.74) is 0.731. The molecular weight excluding hydrogens is 188 g/mol. The van der Waals surface area contributed by atoms with E-state index in [9.17, 15) is 4.79 Å². The van der Waals surface area contributed by atoms with Crippen molar-refractivity contribution in [2.75, 3.05) is 7.11 Å². The van der Waals surface area contributed by atoms with Gasteiger partial charge in [0.1, 0.15) is 0 Å². The minimum Gasteiger partial charge on any atom is -0.459 e. The van der Waals surface area contributed by atoms with Crippen LogP contribution in [0.5, 0.6) is 0 Å². The number of carbonyl (C=O) groups excluding carboxylic acids is 1. The van der Waals surface area contributed by atoms with Crippen LogP contribution in [0, 0.1) is 11.8 Å². The summed E-state index contributed by atoms with van der Waals surface area (Å²) in [6.07, 6.45) is 0. The van der Waals surface area contributed by atoms with Gasteiger partial charge in [-0.3, -0.25) is 0 Å². The molecule has 66 valence electrons. The maximum atomic E-state index is 10.6. The molecule has 1 aromatic rings. The number of hydrogen-bond donors (Lipinski definition) is 0. The zero-order chi connectivity index (χ0) is 9.68. The fraction of sp³-hybridized carbons (Fsp3) is 0.100. The fourth-order valence-corrected chi connectivity index (χ4v) is 0.833. The third-order valence-electron chi connectivity index (χ3n) is 1.34. The van der Waals surface area contributed by atoms with Crippen molar-refractivity contribution < 1.29 is 9.53 Å². The average molecular weight is 195 g/mol. The highest BCUT2D eigenvalue weighted by molar-refractivity contribution is 6.30. The normalized spacial score (nSPS) is 8.46. The summed E-state index contributed by atoms with van der Waals surface area (Å²) in [6, 6.07) is 6.89. The van der Waals surface area contributed by atoms with E-state index in [0.29, 0.717) is 5.02 Å². The first-order valence-electron chi connectivity index (χ1n) is 3.58. The lowest BCUT2D eigenvalue weighted by molar-refractivity contribution is -0.133. The van der Waals surface area contributed by atoms with E-state index >= 15 is 0 Å². The van der Waals surface area contributed by atoms with Gasteiger partial charge in [-0.2, -0.15) is 0 Å². The fourth-order valence-electron chi connectivity index (χ4n) is 0.707. The largest absolute Gasteiger partial charge is 0.459 e. The molecule has 0 saturated carbocycles. The number of carbonyl (C=O) groups is 1. The van der Waals surface area contributed by atoms with E-state index in [0.717, 1.165) is 5.56 Å². The Bertz CT molecular complexity index is 357. The van der Waals surface area contributed by atoms with Crippen LogP contribution in [0.2, 0.25) is 5.02 Å². The van der Waals surface area contributed by atoms with Crippen molar-refractivity contribution in [1.29, 1.82) is 0 Å². The van der Waals surface area contributed by atoms with Gasteiger partial charge in [0, 0.05) is 16.5 Å². The van der Waals surface area contributed by atoms with Crippen LogP contribution >= 0.6 is 11.6 Å². The molecule has 0 atom stereocenters. The summed E-state index contributed by atoms with van der Waals surface area (Å²) in [5.74, 6) is 4.41. The quantitative estimate of drug-likeness (QED) is 0.466. The molecule has 0 spiro atoms. The van der Waals surface area contributed by atoms with Crippen molar-refractivity contribution in [1.82, 2.24) is 0 Å². The van der Waals surface area contributed by atoms with Gasteiger partial charge in [-0.15, -0.1) is 0 Å². The molecule has 0 radical (unpaired) electrons. The molecule has 0 unspecified atom stereocenters. The van der Waals surface area contributed by atoms with Crippen LogP contribution in [0.4, 0.5) is 0 Å². The molecule has 0 N–H and O–H groups in total. The van der Waals surface area contributed by atoms with Crippen LogP contribution in [0.25, 0.3) is 0 Å². The molecule has 0 saturated heterocycles. The average Bonchev–Trinajstić information content (AvgIpc) is 2.16. The molecule has 2 nitrogen and oxygen atoms in total. The van der Waals surface area contributed by atoms with E-state index in [2.05, 4.69) is 16.6 Å². The maximum absolute atomic E-state index is 10.6. The van der Waals surface area contributed by atoms with Crippen molar-refractivity contribution in [2.24, 2.45) is 0 Å². The number of esters is 1. The SMILES string of the molecule is COC(=O)C#Cc1ccc(Cl)cc1. The minimum atomic E-state index is -0.546. The Morgan fingerprint density at radius 2 is 2.00 bits per heavy atom. The molecule has 0 aromatic heterocycles. The predicted octanol–water partition coefficient (Wildman–Crippen LogP) is 1.86. The van der Waals surface area contributed by atoms with Crippen molar-refractivity contribution in [3.05, 3.63) is 34.9 Å². The van der Waals surface area contributed by atoms with Gasteiger partial charge < -0.3 is 4.74 Å². The number of methoxy groups -OCH3 is 1. The van der Waals surface area contributed by atoms with E-state index in [4.69, 9.17) is 11.6 Å². The minimum absolute atomic E-state index is 0.546. The van der Waals surface area contributed by atoms with Crippen LogP contribution in [-0.2, 0) is 9.53 Å². The summed E-state index contributed by atoms with van der Waals surface area (Å²) < 4.78 is 4.36. The summed E-state index contributed by atoms with van der Waals surface area (Å²) in [6.45, 7) is 0. The van der Waals surface area contributed by atoms with Gasteiger partial charge in [-0.25, -0.2) is 4.79 Å². The molecule has 1 aromatic carbocycles. The zero-order valence-electron chi connectivity index (χ0n) is 7.00. The van der Waals surface area contributed by atoms with E-state index in [-0.39, 0.29) is 0 Å². The van der Waals surface area contributed by atoms with Gasteiger partial charge in [0.05, 0.1) is 7.11 Å². The second-order valence-electron chi connectivity index (χ2n) is 2.25. The highest BCUT2D eigenvalue weighted by atomic mass is 35.5. The Kier molecular flexibility index (Phi) is 3.36. The van der Waals surface area contributed by atoms with E-state index in [1.54, 1.807) is 24.3 Å². The highest BCUT2D eigenvalue weighted by Crippen LogP contribution is 2.08. The third-order valence-corrected chi connectivity index (χ3v) is 1.59. The van der Waals surface area contributed by atoms with Gasteiger partial charge in [0.25, 0.3) is 0 Å². The Labute approximate surface area is 81.5 Å². The third kappa shape index (κ3) is 3.18. The molecule has 1 rings (SSSR count). The van der Waals surface area contributed by atoms with Gasteiger partial charge in [0.15, 0.2) is 0 Å². The Hall–Kier alpha value is -1.46. The van der Waals surface area contributed by atoms with Crippen LogP contribution in [-0.4, -0.2) is 13.1 Å². The topological polar surface area (TPSA) is 26.3 Å². The number of ether oxygens (including phenoxy) is 1. The molecule has 0 aliphatic rings. The van der Waals surface area contributed by atoms with Crippen molar-refractivity contribution in [2.45, 2.75) is 0 Å². The molecule has 13 heavy (non-hydrogen) atoms. The van der Waals surface area contributed by atoms with Crippen molar-refractivity contribution >= 4 is 17.6 Å². The Morgan fingerprint density at radius 1 is 1.38 bits per heavy atom.